The molecule has 2 atom stereocenters. The standard InChI is InChI=1S/C19H18F2N4OS/c20-13-3-6-15(7-4-13)25(17(26)16-8-5-14(21)10-23-16)19-9-1-2-12(19)11-27-18(22)24-19/h3-8,10,12H,1-2,9,11H2,(H2,22,24)/t12-,19+/m0/s1. The number of hydrogen-bond donors (Lipinski definition) is 1. The van der Waals surface area contributed by atoms with Gasteiger partial charge in [-0.05, 0) is 55.7 Å². The minimum atomic E-state index is -0.833. The molecule has 1 fully saturated rings. The van der Waals surface area contributed by atoms with Crippen molar-refractivity contribution in [2.24, 2.45) is 16.6 Å². The number of rotatable bonds is 3. The predicted octanol–water partition coefficient (Wildman–Crippen LogP) is 3.56. The number of nitrogens with zero attached hydrogens (tertiary/aromatic N) is 3. The van der Waals surface area contributed by atoms with Crippen LogP contribution >= 0.6 is 11.8 Å². The average Bonchev–Trinajstić information content (AvgIpc) is 3.07. The van der Waals surface area contributed by atoms with Crippen LogP contribution in [0.3, 0.4) is 0 Å². The van der Waals surface area contributed by atoms with Gasteiger partial charge >= 0.3 is 0 Å². The van der Waals surface area contributed by atoms with Gasteiger partial charge in [-0.2, -0.15) is 0 Å². The molecule has 2 aromatic rings. The maximum atomic E-state index is 13.5. The summed E-state index contributed by atoms with van der Waals surface area (Å²) in [6.45, 7) is 0. The number of benzene rings is 1. The lowest BCUT2D eigenvalue weighted by atomic mass is 9.94. The third-order valence-corrected chi connectivity index (χ3v) is 6.07. The highest BCUT2D eigenvalue weighted by Gasteiger charge is 2.52. The van der Waals surface area contributed by atoms with Crippen molar-refractivity contribution >= 4 is 28.5 Å². The molecule has 1 amide bonds. The quantitative estimate of drug-likeness (QED) is 0.873. The molecule has 0 unspecified atom stereocenters. The molecule has 1 aromatic carbocycles. The Kier molecular flexibility index (Phi) is 4.59. The molecular formula is C19H18F2N4OS. The van der Waals surface area contributed by atoms with E-state index in [4.69, 9.17) is 10.7 Å². The summed E-state index contributed by atoms with van der Waals surface area (Å²) in [7, 11) is 0. The normalized spacial score (nSPS) is 24.2. The highest BCUT2D eigenvalue weighted by atomic mass is 32.2. The number of hydrogen-bond acceptors (Lipinski definition) is 5. The van der Waals surface area contributed by atoms with Crippen LogP contribution < -0.4 is 10.6 Å². The molecule has 27 heavy (non-hydrogen) atoms. The van der Waals surface area contributed by atoms with Crippen molar-refractivity contribution in [1.82, 2.24) is 4.98 Å². The summed E-state index contributed by atoms with van der Waals surface area (Å²) in [6.07, 6.45) is 3.49. The number of carbonyl (C=O) groups excluding carboxylic acids is 1. The molecule has 0 saturated heterocycles. The first-order valence-electron chi connectivity index (χ1n) is 8.69. The smallest absolute Gasteiger partial charge is 0.278 e. The third kappa shape index (κ3) is 3.18. The Hall–Kier alpha value is -2.48. The van der Waals surface area contributed by atoms with Crippen LogP contribution in [-0.2, 0) is 0 Å². The number of thioether (sulfide) groups is 1. The van der Waals surface area contributed by atoms with Crippen molar-refractivity contribution in [3.8, 4) is 0 Å². The van der Waals surface area contributed by atoms with Crippen LogP contribution in [0.2, 0.25) is 0 Å². The van der Waals surface area contributed by atoms with Gasteiger partial charge in [0, 0.05) is 17.4 Å². The molecule has 0 radical (unpaired) electrons. The van der Waals surface area contributed by atoms with Gasteiger partial charge in [-0.3, -0.25) is 9.69 Å². The number of pyridine rings is 1. The average molecular weight is 388 g/mol. The molecule has 0 spiro atoms. The summed E-state index contributed by atoms with van der Waals surface area (Å²) < 4.78 is 26.7. The van der Waals surface area contributed by atoms with E-state index in [0.29, 0.717) is 17.3 Å². The Labute approximate surface area is 159 Å². The SMILES string of the molecule is NC1=N[C@@]2(N(C(=O)c3ccc(F)cn3)c3ccc(F)cc3)CCC[C@H]2CS1. The van der Waals surface area contributed by atoms with E-state index < -0.39 is 23.2 Å². The van der Waals surface area contributed by atoms with E-state index in [0.717, 1.165) is 24.8 Å². The number of amides is 1. The van der Waals surface area contributed by atoms with Crippen molar-refractivity contribution in [3.05, 3.63) is 59.9 Å². The maximum absolute atomic E-state index is 13.5. The van der Waals surface area contributed by atoms with E-state index in [-0.39, 0.29) is 11.6 Å². The Morgan fingerprint density at radius 2 is 1.93 bits per heavy atom. The third-order valence-electron chi connectivity index (χ3n) is 5.11. The summed E-state index contributed by atoms with van der Waals surface area (Å²) in [5, 5.41) is 0.431. The molecule has 4 rings (SSSR count). The van der Waals surface area contributed by atoms with Gasteiger partial charge in [-0.1, -0.05) is 11.8 Å². The van der Waals surface area contributed by atoms with Crippen molar-refractivity contribution in [2.45, 2.75) is 24.9 Å². The molecule has 1 aliphatic heterocycles. The van der Waals surface area contributed by atoms with Gasteiger partial charge in [0.05, 0.1) is 6.20 Å². The van der Waals surface area contributed by atoms with Crippen LogP contribution in [0.5, 0.6) is 0 Å². The van der Waals surface area contributed by atoms with E-state index in [1.54, 1.807) is 17.0 Å². The second kappa shape index (κ2) is 6.92. The monoisotopic (exact) mass is 388 g/mol. The molecule has 8 heteroatoms. The summed E-state index contributed by atoms with van der Waals surface area (Å²) in [5.41, 5.74) is 5.81. The van der Waals surface area contributed by atoms with Crippen LogP contribution in [-0.4, -0.2) is 27.5 Å². The van der Waals surface area contributed by atoms with Gasteiger partial charge in [-0.25, -0.2) is 18.8 Å². The molecule has 1 aromatic heterocycles. The largest absolute Gasteiger partial charge is 0.378 e. The first kappa shape index (κ1) is 17.9. The molecule has 2 aliphatic rings. The summed E-state index contributed by atoms with van der Waals surface area (Å²) in [4.78, 5) is 23.6. The Morgan fingerprint density at radius 1 is 1.19 bits per heavy atom. The molecule has 2 N–H and O–H groups in total. The van der Waals surface area contributed by atoms with E-state index in [1.807, 2.05) is 0 Å². The second-order valence-corrected chi connectivity index (χ2v) is 7.75. The molecule has 1 saturated carbocycles. The number of fused-ring (bicyclic) bond motifs is 1. The number of aromatic nitrogens is 1. The topological polar surface area (TPSA) is 71.6 Å². The fourth-order valence-electron chi connectivity index (χ4n) is 3.89. The lowest BCUT2D eigenvalue weighted by Crippen LogP contribution is -2.56. The van der Waals surface area contributed by atoms with Crippen LogP contribution in [0.4, 0.5) is 14.5 Å². The first-order chi connectivity index (χ1) is 13.0. The van der Waals surface area contributed by atoms with E-state index in [2.05, 4.69) is 4.98 Å². The highest BCUT2D eigenvalue weighted by molar-refractivity contribution is 8.13. The van der Waals surface area contributed by atoms with Crippen LogP contribution in [0.1, 0.15) is 29.8 Å². The number of halogens is 2. The van der Waals surface area contributed by atoms with Gasteiger partial charge in [-0.15, -0.1) is 0 Å². The lowest BCUT2D eigenvalue weighted by Gasteiger charge is -2.44. The zero-order valence-corrected chi connectivity index (χ0v) is 15.3. The molecular weight excluding hydrogens is 370 g/mol. The highest BCUT2D eigenvalue weighted by Crippen LogP contribution is 2.48. The fourth-order valence-corrected chi connectivity index (χ4v) is 4.91. The van der Waals surface area contributed by atoms with Crippen molar-refractivity contribution < 1.29 is 13.6 Å². The Balaban J connectivity index is 1.85. The summed E-state index contributed by atoms with van der Waals surface area (Å²) in [6, 6.07) is 8.25. The summed E-state index contributed by atoms with van der Waals surface area (Å²) in [5.74, 6) is -0.431. The molecule has 0 bridgehead atoms. The van der Waals surface area contributed by atoms with E-state index in [1.165, 1.54) is 36.0 Å². The fraction of sp³-hybridized carbons (Fsp3) is 0.316. The zero-order valence-electron chi connectivity index (χ0n) is 14.4. The molecule has 140 valence electrons. The molecule has 1 aliphatic carbocycles. The Bertz CT molecular complexity index is 888. The molecule has 2 heterocycles. The zero-order chi connectivity index (χ0) is 19.0. The minimum absolute atomic E-state index is 0.104. The number of amidine groups is 1. The number of anilines is 1. The molecule has 5 nitrogen and oxygen atoms in total. The number of aliphatic imine (C=N–C) groups is 1. The van der Waals surface area contributed by atoms with Crippen LogP contribution in [0, 0.1) is 17.6 Å². The maximum Gasteiger partial charge on any atom is 0.278 e. The van der Waals surface area contributed by atoms with Crippen LogP contribution in [0.25, 0.3) is 0 Å². The van der Waals surface area contributed by atoms with Gasteiger partial charge < -0.3 is 5.73 Å². The van der Waals surface area contributed by atoms with Crippen molar-refractivity contribution in [2.75, 3.05) is 10.7 Å². The van der Waals surface area contributed by atoms with Gasteiger partial charge in [0.25, 0.3) is 5.91 Å². The summed E-state index contributed by atoms with van der Waals surface area (Å²) >= 11 is 1.48. The van der Waals surface area contributed by atoms with E-state index in [9.17, 15) is 13.6 Å². The number of nitrogens with two attached hydrogens (primary N) is 1. The van der Waals surface area contributed by atoms with E-state index >= 15 is 0 Å². The van der Waals surface area contributed by atoms with Gasteiger partial charge in [0.2, 0.25) is 0 Å². The van der Waals surface area contributed by atoms with Gasteiger partial charge in [0.1, 0.15) is 23.0 Å². The van der Waals surface area contributed by atoms with Gasteiger partial charge in [0.15, 0.2) is 5.17 Å². The minimum Gasteiger partial charge on any atom is -0.378 e. The Morgan fingerprint density at radius 3 is 2.63 bits per heavy atom. The lowest BCUT2D eigenvalue weighted by molar-refractivity contribution is 0.0939. The predicted molar refractivity (Wildman–Crippen MR) is 102 cm³/mol. The van der Waals surface area contributed by atoms with Crippen LogP contribution in [0.15, 0.2) is 47.6 Å². The second-order valence-electron chi connectivity index (χ2n) is 6.71. The number of carbonyl (C=O) groups is 1. The van der Waals surface area contributed by atoms with Crippen molar-refractivity contribution in [1.29, 1.82) is 0 Å². The van der Waals surface area contributed by atoms with Crippen molar-refractivity contribution in [3.63, 3.8) is 0 Å². The first-order valence-corrected chi connectivity index (χ1v) is 9.68.